The molecule has 1 aliphatic rings. The number of rotatable bonds is 3. The molecule has 3 rings (SSSR count). The molecule has 4 heteroatoms. The van der Waals surface area contributed by atoms with E-state index in [9.17, 15) is 4.79 Å². The molecule has 0 aliphatic heterocycles. The Bertz CT molecular complexity index is 1000. The van der Waals surface area contributed by atoms with Crippen LogP contribution in [0, 0.1) is 18.4 Å². The summed E-state index contributed by atoms with van der Waals surface area (Å²) in [6.07, 6.45) is 4.08. The van der Waals surface area contributed by atoms with E-state index in [0.29, 0.717) is 11.5 Å². The molecule has 1 aromatic heterocycles. The molecular formula is C25H31NO2Si. The highest BCUT2D eigenvalue weighted by Crippen LogP contribution is 2.42. The Balaban J connectivity index is 2.20. The van der Waals surface area contributed by atoms with E-state index in [1.165, 1.54) is 25.5 Å². The van der Waals surface area contributed by atoms with E-state index in [4.69, 9.17) is 4.74 Å². The first kappa shape index (κ1) is 21.3. The number of methoxy groups -OCH3 is 1. The van der Waals surface area contributed by atoms with Crippen LogP contribution in [-0.2, 0) is 4.74 Å². The summed E-state index contributed by atoms with van der Waals surface area (Å²) < 4.78 is 5.02. The van der Waals surface area contributed by atoms with Gasteiger partial charge in [0.25, 0.3) is 0 Å². The van der Waals surface area contributed by atoms with Crippen molar-refractivity contribution in [1.82, 2.24) is 4.98 Å². The highest BCUT2D eigenvalue weighted by Gasteiger charge is 2.33. The molecule has 0 saturated heterocycles. The number of nitrogens with zero attached hydrogens (tertiary/aromatic N) is 1. The van der Waals surface area contributed by atoms with Gasteiger partial charge >= 0.3 is 5.97 Å². The number of benzene rings is 1. The van der Waals surface area contributed by atoms with Gasteiger partial charge in [0, 0.05) is 23.0 Å². The van der Waals surface area contributed by atoms with Gasteiger partial charge in [0.05, 0.1) is 12.7 Å². The molecule has 0 amide bonds. The van der Waals surface area contributed by atoms with E-state index in [-0.39, 0.29) is 11.0 Å². The fourth-order valence-electron chi connectivity index (χ4n) is 3.03. The molecular weight excluding hydrogens is 374 g/mol. The monoisotopic (exact) mass is 405 g/mol. The van der Waals surface area contributed by atoms with E-state index < -0.39 is 8.07 Å². The van der Waals surface area contributed by atoms with Gasteiger partial charge in [0.1, 0.15) is 8.07 Å². The van der Waals surface area contributed by atoms with Crippen LogP contribution < -0.4 is 0 Å². The number of hydrogen-bond acceptors (Lipinski definition) is 3. The van der Waals surface area contributed by atoms with Crippen LogP contribution in [0.4, 0.5) is 0 Å². The zero-order valence-corrected chi connectivity index (χ0v) is 19.6. The smallest absolute Gasteiger partial charge is 0.340 e. The van der Waals surface area contributed by atoms with Gasteiger partial charge in [-0.05, 0) is 60.0 Å². The lowest BCUT2D eigenvalue weighted by atomic mass is 9.93. The van der Waals surface area contributed by atoms with E-state index in [1.54, 1.807) is 6.20 Å². The van der Waals surface area contributed by atoms with Gasteiger partial charge in [-0.25, -0.2) is 4.79 Å². The van der Waals surface area contributed by atoms with Crippen LogP contribution in [0.3, 0.4) is 0 Å². The Morgan fingerprint density at radius 3 is 2.45 bits per heavy atom. The molecule has 29 heavy (non-hydrogen) atoms. The standard InChI is InChI=1S/C25H31NO2Si/c1-17-14-22(23(16-26-17)24(27)28-5)21-15-20(18-8-9-18)11-10-19(21)12-13-29(6,7)25(2,3)4/h10-11,14-16,18H,8-9H2,1-7H3. The fraction of sp³-hybridized carbons (Fsp3) is 0.440. The van der Waals surface area contributed by atoms with Crippen molar-refractivity contribution in [1.29, 1.82) is 0 Å². The minimum Gasteiger partial charge on any atom is -0.465 e. The SMILES string of the molecule is COC(=O)c1cnc(C)cc1-c1cc(C2CC2)ccc1C#C[Si](C)(C)C(C)(C)C. The predicted molar refractivity (Wildman–Crippen MR) is 122 cm³/mol. The Hall–Kier alpha value is -2.38. The highest BCUT2D eigenvalue weighted by molar-refractivity contribution is 6.87. The Labute approximate surface area is 175 Å². The van der Waals surface area contributed by atoms with Gasteiger partial charge in [0.15, 0.2) is 0 Å². The third-order valence-electron chi connectivity index (χ3n) is 6.21. The molecule has 1 fully saturated rings. The molecule has 1 saturated carbocycles. The summed E-state index contributed by atoms with van der Waals surface area (Å²) in [6, 6.07) is 8.51. The van der Waals surface area contributed by atoms with E-state index in [2.05, 4.69) is 68.5 Å². The van der Waals surface area contributed by atoms with Crippen molar-refractivity contribution in [3.8, 4) is 22.6 Å². The third kappa shape index (κ3) is 4.62. The number of carbonyl (C=O) groups excluding carboxylic acids is 1. The molecule has 1 heterocycles. The maximum atomic E-state index is 12.4. The average molecular weight is 406 g/mol. The van der Waals surface area contributed by atoms with Gasteiger partial charge in [0.2, 0.25) is 0 Å². The quantitative estimate of drug-likeness (QED) is 0.351. The second-order valence-electron chi connectivity index (χ2n) is 9.57. The summed E-state index contributed by atoms with van der Waals surface area (Å²) >= 11 is 0. The van der Waals surface area contributed by atoms with Crippen molar-refractivity contribution in [2.24, 2.45) is 0 Å². The number of hydrogen-bond donors (Lipinski definition) is 0. The molecule has 2 aromatic rings. The number of carbonyl (C=O) groups is 1. The lowest BCUT2D eigenvalue weighted by Crippen LogP contribution is -2.35. The summed E-state index contributed by atoms with van der Waals surface area (Å²) in [5.74, 6) is 3.75. The van der Waals surface area contributed by atoms with Crippen molar-refractivity contribution in [3.63, 3.8) is 0 Å². The third-order valence-corrected chi connectivity index (χ3v) is 10.7. The maximum Gasteiger partial charge on any atom is 0.340 e. The van der Waals surface area contributed by atoms with Gasteiger partial charge in [-0.1, -0.05) is 45.9 Å². The van der Waals surface area contributed by atoms with Crippen LogP contribution in [0.1, 0.15) is 66.7 Å². The highest BCUT2D eigenvalue weighted by atomic mass is 28.3. The molecule has 0 atom stereocenters. The summed E-state index contributed by atoms with van der Waals surface area (Å²) in [4.78, 5) is 16.7. The largest absolute Gasteiger partial charge is 0.465 e. The number of pyridine rings is 1. The number of aryl methyl sites for hydroxylation is 1. The van der Waals surface area contributed by atoms with Gasteiger partial charge in [-0.3, -0.25) is 4.98 Å². The van der Waals surface area contributed by atoms with Gasteiger partial charge in [-0.2, -0.15) is 0 Å². The molecule has 0 N–H and O–H groups in total. The Morgan fingerprint density at radius 1 is 1.17 bits per heavy atom. The zero-order valence-electron chi connectivity index (χ0n) is 18.6. The predicted octanol–water partition coefficient (Wildman–Crippen LogP) is 6.12. The molecule has 152 valence electrons. The first-order valence-electron chi connectivity index (χ1n) is 10.3. The van der Waals surface area contributed by atoms with Crippen LogP contribution >= 0.6 is 0 Å². The maximum absolute atomic E-state index is 12.4. The van der Waals surface area contributed by atoms with Crippen molar-refractivity contribution in [2.45, 2.75) is 64.6 Å². The van der Waals surface area contributed by atoms with E-state index in [0.717, 1.165) is 22.4 Å². The summed E-state index contributed by atoms with van der Waals surface area (Å²) in [7, 11) is -0.345. The Morgan fingerprint density at radius 2 is 1.86 bits per heavy atom. The Kier molecular flexibility index (Phi) is 5.74. The molecule has 3 nitrogen and oxygen atoms in total. The fourth-order valence-corrected chi connectivity index (χ4v) is 3.85. The summed E-state index contributed by atoms with van der Waals surface area (Å²) in [5.41, 5.74) is 9.13. The molecule has 0 radical (unpaired) electrons. The van der Waals surface area contributed by atoms with Crippen LogP contribution in [0.25, 0.3) is 11.1 Å². The summed E-state index contributed by atoms with van der Waals surface area (Å²) in [6.45, 7) is 13.4. The lowest BCUT2D eigenvalue weighted by molar-refractivity contribution is 0.0601. The normalized spacial score (nSPS) is 14.2. The summed E-state index contributed by atoms with van der Waals surface area (Å²) in [5, 5.41) is 0.193. The van der Waals surface area contributed by atoms with Crippen LogP contribution in [-0.4, -0.2) is 26.1 Å². The van der Waals surface area contributed by atoms with Crippen molar-refractivity contribution in [3.05, 3.63) is 52.8 Å². The molecule has 0 unspecified atom stereocenters. The van der Waals surface area contributed by atoms with Gasteiger partial charge < -0.3 is 4.74 Å². The van der Waals surface area contributed by atoms with Crippen LogP contribution in [0.5, 0.6) is 0 Å². The second-order valence-corrected chi connectivity index (χ2v) is 14.6. The van der Waals surface area contributed by atoms with Crippen molar-refractivity contribution < 1.29 is 9.53 Å². The van der Waals surface area contributed by atoms with Crippen LogP contribution in [0.2, 0.25) is 18.1 Å². The minimum absolute atomic E-state index is 0.193. The molecule has 1 aliphatic carbocycles. The van der Waals surface area contributed by atoms with E-state index >= 15 is 0 Å². The average Bonchev–Trinajstić information content (AvgIpc) is 3.50. The first-order chi connectivity index (χ1) is 13.5. The number of esters is 1. The molecule has 0 bridgehead atoms. The lowest BCUT2D eigenvalue weighted by Gasteiger charge is -2.31. The van der Waals surface area contributed by atoms with E-state index in [1.807, 2.05) is 13.0 Å². The zero-order chi connectivity index (χ0) is 21.4. The number of aromatic nitrogens is 1. The first-order valence-corrected chi connectivity index (χ1v) is 13.3. The molecule has 0 spiro atoms. The van der Waals surface area contributed by atoms with Crippen molar-refractivity contribution >= 4 is 14.0 Å². The topological polar surface area (TPSA) is 39.2 Å². The molecule has 1 aromatic carbocycles. The second kappa shape index (κ2) is 7.80. The minimum atomic E-state index is -1.75. The van der Waals surface area contributed by atoms with Gasteiger partial charge in [-0.15, -0.1) is 5.54 Å². The number of ether oxygens (including phenoxy) is 1. The van der Waals surface area contributed by atoms with Crippen molar-refractivity contribution in [2.75, 3.05) is 7.11 Å². The van der Waals surface area contributed by atoms with Crippen LogP contribution in [0.15, 0.2) is 30.5 Å².